The number of amides is 2. The monoisotopic (exact) mass is 325 g/mol. The zero-order valence-corrected chi connectivity index (χ0v) is 13.7. The topological polar surface area (TPSA) is 55.8 Å². The lowest BCUT2D eigenvalue weighted by Gasteiger charge is -2.15. The molecular weight excluding hydrogens is 306 g/mol. The van der Waals surface area contributed by atoms with E-state index in [4.69, 9.17) is 9.47 Å². The first-order valence-corrected chi connectivity index (χ1v) is 7.76. The van der Waals surface area contributed by atoms with Crippen molar-refractivity contribution in [3.63, 3.8) is 0 Å². The normalized spacial score (nSPS) is 17.2. The number of imide groups is 1. The highest BCUT2D eigenvalue weighted by atomic mass is 16.5. The van der Waals surface area contributed by atoms with Gasteiger partial charge in [-0.15, -0.1) is 0 Å². The van der Waals surface area contributed by atoms with Crippen LogP contribution in [0.2, 0.25) is 0 Å². The van der Waals surface area contributed by atoms with E-state index in [1.54, 1.807) is 38.5 Å². The van der Waals surface area contributed by atoms with Gasteiger partial charge in [0.25, 0.3) is 0 Å². The first kappa shape index (κ1) is 16.1. The van der Waals surface area contributed by atoms with Crippen LogP contribution >= 0.6 is 0 Å². The molecule has 0 saturated carbocycles. The van der Waals surface area contributed by atoms with Crippen LogP contribution in [0.25, 0.3) is 0 Å². The van der Waals surface area contributed by atoms with E-state index in [1.807, 2.05) is 24.3 Å². The summed E-state index contributed by atoms with van der Waals surface area (Å²) in [6, 6.07) is 14.5. The molecule has 0 spiro atoms. The minimum Gasteiger partial charge on any atom is -0.497 e. The van der Waals surface area contributed by atoms with Gasteiger partial charge < -0.3 is 9.47 Å². The Bertz CT molecular complexity index is 754. The van der Waals surface area contributed by atoms with Crippen molar-refractivity contribution >= 4 is 17.5 Å². The largest absolute Gasteiger partial charge is 0.497 e. The van der Waals surface area contributed by atoms with Crippen LogP contribution in [0.4, 0.5) is 5.69 Å². The van der Waals surface area contributed by atoms with Gasteiger partial charge in [0.1, 0.15) is 11.5 Å². The Morgan fingerprint density at radius 1 is 1.00 bits per heavy atom. The second-order valence-corrected chi connectivity index (χ2v) is 5.72. The first-order chi connectivity index (χ1) is 11.6. The maximum atomic E-state index is 12.7. The van der Waals surface area contributed by atoms with E-state index in [9.17, 15) is 9.59 Å². The molecule has 1 aliphatic rings. The average Bonchev–Trinajstić information content (AvgIpc) is 2.89. The summed E-state index contributed by atoms with van der Waals surface area (Å²) in [5.41, 5.74) is 1.57. The summed E-state index contributed by atoms with van der Waals surface area (Å²) in [5, 5.41) is 0. The van der Waals surface area contributed by atoms with Gasteiger partial charge in [-0.1, -0.05) is 12.1 Å². The van der Waals surface area contributed by atoms with Gasteiger partial charge in [-0.3, -0.25) is 14.5 Å². The summed E-state index contributed by atoms with van der Waals surface area (Å²) in [5.74, 6) is 0.764. The zero-order valence-electron chi connectivity index (χ0n) is 13.7. The van der Waals surface area contributed by atoms with Crippen LogP contribution in [0.1, 0.15) is 12.0 Å². The Labute approximate surface area is 140 Å². The van der Waals surface area contributed by atoms with Crippen molar-refractivity contribution in [3.05, 3.63) is 54.1 Å². The van der Waals surface area contributed by atoms with Crippen LogP contribution < -0.4 is 14.4 Å². The minimum absolute atomic E-state index is 0.159. The molecule has 1 saturated heterocycles. The molecule has 2 aromatic carbocycles. The highest BCUT2D eigenvalue weighted by molar-refractivity contribution is 6.21. The van der Waals surface area contributed by atoms with E-state index in [0.717, 1.165) is 11.3 Å². The lowest BCUT2D eigenvalue weighted by molar-refractivity contribution is -0.122. The molecule has 3 rings (SSSR count). The second kappa shape index (κ2) is 6.74. The number of ether oxygens (including phenoxy) is 2. The van der Waals surface area contributed by atoms with E-state index >= 15 is 0 Å². The van der Waals surface area contributed by atoms with Gasteiger partial charge in [-0.2, -0.15) is 0 Å². The Hall–Kier alpha value is -2.82. The van der Waals surface area contributed by atoms with E-state index in [1.165, 1.54) is 4.90 Å². The molecule has 5 nitrogen and oxygen atoms in total. The lowest BCUT2D eigenvalue weighted by atomic mass is 9.98. The zero-order chi connectivity index (χ0) is 17.1. The molecule has 2 amide bonds. The van der Waals surface area contributed by atoms with Crippen LogP contribution in [-0.2, 0) is 16.0 Å². The molecule has 124 valence electrons. The van der Waals surface area contributed by atoms with Crippen molar-refractivity contribution in [3.8, 4) is 11.5 Å². The number of methoxy groups -OCH3 is 2. The number of hydrogen-bond donors (Lipinski definition) is 0. The minimum atomic E-state index is -0.341. The van der Waals surface area contributed by atoms with Crippen LogP contribution in [0.5, 0.6) is 11.5 Å². The maximum Gasteiger partial charge on any atom is 0.237 e. The van der Waals surface area contributed by atoms with E-state index in [-0.39, 0.29) is 24.2 Å². The number of carbonyl (C=O) groups excluding carboxylic acids is 2. The third-order valence-electron chi connectivity index (χ3n) is 4.19. The summed E-state index contributed by atoms with van der Waals surface area (Å²) in [6.07, 6.45) is 0.747. The van der Waals surface area contributed by atoms with Gasteiger partial charge >= 0.3 is 0 Å². The second-order valence-electron chi connectivity index (χ2n) is 5.72. The molecular formula is C19H19NO4. The van der Waals surface area contributed by atoms with Crippen LogP contribution in [0.3, 0.4) is 0 Å². The van der Waals surface area contributed by atoms with E-state index < -0.39 is 0 Å². The van der Waals surface area contributed by atoms with Crippen LogP contribution in [-0.4, -0.2) is 26.0 Å². The molecule has 1 heterocycles. The number of hydrogen-bond acceptors (Lipinski definition) is 4. The van der Waals surface area contributed by atoms with Gasteiger partial charge in [0, 0.05) is 6.42 Å². The SMILES string of the molecule is COc1ccc(N2C(=O)CC(Cc3cccc(OC)c3)C2=O)cc1. The molecule has 24 heavy (non-hydrogen) atoms. The summed E-state index contributed by atoms with van der Waals surface area (Å²) in [7, 11) is 3.18. The molecule has 1 aliphatic heterocycles. The molecule has 0 bridgehead atoms. The number of nitrogens with zero attached hydrogens (tertiary/aromatic N) is 1. The van der Waals surface area contributed by atoms with Crippen molar-refractivity contribution in [2.45, 2.75) is 12.8 Å². The summed E-state index contributed by atoms with van der Waals surface area (Å²) >= 11 is 0. The van der Waals surface area contributed by atoms with Crippen LogP contribution in [0, 0.1) is 5.92 Å². The smallest absolute Gasteiger partial charge is 0.237 e. The van der Waals surface area contributed by atoms with Crippen molar-refractivity contribution in [2.24, 2.45) is 5.92 Å². The number of carbonyl (C=O) groups is 2. The third kappa shape index (κ3) is 3.11. The lowest BCUT2D eigenvalue weighted by Crippen LogP contribution is -2.30. The fourth-order valence-electron chi connectivity index (χ4n) is 2.94. The molecule has 0 N–H and O–H groups in total. The fraction of sp³-hybridized carbons (Fsp3) is 0.263. The fourth-order valence-corrected chi connectivity index (χ4v) is 2.94. The van der Waals surface area contributed by atoms with Crippen molar-refractivity contribution in [2.75, 3.05) is 19.1 Å². The standard InChI is InChI=1S/C19H19NO4/c1-23-16-8-6-15(7-9-16)20-18(21)12-14(19(20)22)10-13-4-3-5-17(11-13)24-2/h3-9,11,14H,10,12H2,1-2H3. The highest BCUT2D eigenvalue weighted by Gasteiger charge is 2.39. The predicted octanol–water partition coefficient (Wildman–Crippen LogP) is 2.83. The summed E-state index contributed by atoms with van der Waals surface area (Å²) < 4.78 is 10.3. The molecule has 0 aliphatic carbocycles. The summed E-state index contributed by atoms with van der Waals surface area (Å²) in [4.78, 5) is 26.3. The first-order valence-electron chi connectivity index (χ1n) is 7.76. The average molecular weight is 325 g/mol. The molecule has 0 aromatic heterocycles. The van der Waals surface area contributed by atoms with Gasteiger partial charge in [0.15, 0.2) is 0 Å². The van der Waals surface area contributed by atoms with Gasteiger partial charge in [-0.05, 0) is 48.4 Å². The number of rotatable bonds is 5. The molecule has 1 unspecified atom stereocenters. The van der Waals surface area contributed by atoms with Gasteiger partial charge in [0.05, 0.1) is 25.8 Å². The molecule has 0 radical (unpaired) electrons. The Balaban J connectivity index is 1.77. The van der Waals surface area contributed by atoms with Crippen molar-refractivity contribution in [1.29, 1.82) is 0 Å². The quantitative estimate of drug-likeness (QED) is 0.793. The van der Waals surface area contributed by atoms with Gasteiger partial charge in [-0.25, -0.2) is 0 Å². The number of anilines is 1. The predicted molar refractivity (Wildman–Crippen MR) is 90.3 cm³/mol. The van der Waals surface area contributed by atoms with Crippen molar-refractivity contribution < 1.29 is 19.1 Å². The van der Waals surface area contributed by atoms with Crippen LogP contribution in [0.15, 0.2) is 48.5 Å². The third-order valence-corrected chi connectivity index (χ3v) is 4.19. The molecule has 1 atom stereocenters. The Morgan fingerprint density at radius 3 is 2.38 bits per heavy atom. The summed E-state index contributed by atoms with van der Waals surface area (Å²) in [6.45, 7) is 0. The molecule has 1 fully saturated rings. The highest BCUT2D eigenvalue weighted by Crippen LogP contribution is 2.30. The van der Waals surface area contributed by atoms with Gasteiger partial charge in [0.2, 0.25) is 11.8 Å². The van der Waals surface area contributed by atoms with Crippen molar-refractivity contribution in [1.82, 2.24) is 0 Å². The Kier molecular flexibility index (Phi) is 4.51. The molecule has 2 aromatic rings. The Morgan fingerprint density at radius 2 is 1.71 bits per heavy atom. The van der Waals surface area contributed by atoms with E-state index in [0.29, 0.717) is 17.9 Å². The number of benzene rings is 2. The molecule has 5 heteroatoms. The maximum absolute atomic E-state index is 12.7. The van der Waals surface area contributed by atoms with E-state index in [2.05, 4.69) is 0 Å².